The Morgan fingerprint density at radius 3 is 2.67 bits per heavy atom. The molecular formula is C24H19FN4O3S. The van der Waals surface area contributed by atoms with Crippen molar-refractivity contribution in [3.05, 3.63) is 72.2 Å². The van der Waals surface area contributed by atoms with E-state index in [0.717, 1.165) is 0 Å². The number of para-hydroxylation sites is 1. The average molecular weight is 463 g/mol. The molecule has 5 rings (SSSR count). The SMILES string of the molecule is CCSc1nc([O-])c2[n+](n1)C(c1ccc(-c3ccc(F)cc3)o1)N(C(C)=O)c1ccccc1-2. The highest BCUT2D eigenvalue weighted by Crippen LogP contribution is 2.41. The Labute approximate surface area is 193 Å². The Hall–Kier alpha value is -3.72. The number of carbonyl (C=O) groups is 1. The van der Waals surface area contributed by atoms with Crippen LogP contribution in [0.15, 0.2) is 70.2 Å². The van der Waals surface area contributed by atoms with Crippen LogP contribution in [0, 0.1) is 5.82 Å². The van der Waals surface area contributed by atoms with Crippen LogP contribution in [0.5, 0.6) is 5.88 Å². The molecule has 0 radical (unpaired) electrons. The number of hydrogen-bond acceptors (Lipinski definition) is 6. The van der Waals surface area contributed by atoms with Gasteiger partial charge in [-0.25, -0.2) is 14.3 Å². The molecule has 4 aromatic rings. The summed E-state index contributed by atoms with van der Waals surface area (Å²) in [7, 11) is 0. The summed E-state index contributed by atoms with van der Waals surface area (Å²) >= 11 is 1.34. The summed E-state index contributed by atoms with van der Waals surface area (Å²) in [5.74, 6) is 0.603. The molecule has 1 unspecified atom stereocenters. The second-order valence-corrected chi connectivity index (χ2v) is 8.65. The van der Waals surface area contributed by atoms with Crippen LogP contribution in [0.25, 0.3) is 22.6 Å². The van der Waals surface area contributed by atoms with Gasteiger partial charge in [-0.2, -0.15) is 0 Å². The van der Waals surface area contributed by atoms with E-state index < -0.39 is 12.0 Å². The summed E-state index contributed by atoms with van der Waals surface area (Å²) in [6, 6.07) is 16.6. The standard InChI is InChI=1S/C24H19FN4O3S/c1-3-33-24-26-22(31)21-17-6-4-5-7-18(17)28(14(2)30)23(29(21)27-24)20-13-12-19(32-20)15-8-10-16(25)11-9-15/h4-13,23H,3H2,1-2H3. The lowest BCUT2D eigenvalue weighted by molar-refractivity contribution is -0.765. The van der Waals surface area contributed by atoms with E-state index in [1.54, 1.807) is 53.4 Å². The van der Waals surface area contributed by atoms with E-state index in [4.69, 9.17) is 4.42 Å². The van der Waals surface area contributed by atoms with Gasteiger partial charge in [0.1, 0.15) is 11.6 Å². The summed E-state index contributed by atoms with van der Waals surface area (Å²) in [4.78, 5) is 18.6. The van der Waals surface area contributed by atoms with E-state index in [9.17, 15) is 14.3 Å². The Bertz CT molecular complexity index is 1360. The summed E-state index contributed by atoms with van der Waals surface area (Å²) in [6.45, 7) is 3.40. The van der Waals surface area contributed by atoms with Gasteiger partial charge in [-0.3, -0.25) is 4.79 Å². The lowest BCUT2D eigenvalue weighted by Crippen LogP contribution is -2.58. The molecule has 0 N–H and O–H groups in total. The van der Waals surface area contributed by atoms with Gasteiger partial charge in [0.05, 0.1) is 17.1 Å². The highest BCUT2D eigenvalue weighted by molar-refractivity contribution is 7.99. The van der Waals surface area contributed by atoms with Crippen molar-refractivity contribution in [2.75, 3.05) is 10.7 Å². The fourth-order valence-corrected chi connectivity index (χ4v) is 4.54. The molecule has 1 aliphatic rings. The van der Waals surface area contributed by atoms with Gasteiger partial charge in [-0.15, -0.1) is 0 Å². The van der Waals surface area contributed by atoms with Crippen LogP contribution in [0.3, 0.4) is 0 Å². The third-order valence-corrected chi connectivity index (χ3v) is 6.06. The Morgan fingerprint density at radius 2 is 1.94 bits per heavy atom. The second kappa shape index (κ2) is 8.32. The van der Waals surface area contributed by atoms with Gasteiger partial charge in [-0.05, 0) is 59.0 Å². The van der Waals surface area contributed by atoms with E-state index in [1.807, 2.05) is 6.92 Å². The van der Waals surface area contributed by atoms with Gasteiger partial charge < -0.3 is 9.52 Å². The van der Waals surface area contributed by atoms with Crippen molar-refractivity contribution in [1.82, 2.24) is 10.1 Å². The molecule has 0 saturated carbocycles. The lowest BCUT2D eigenvalue weighted by Gasteiger charge is -2.31. The molecule has 0 aliphatic carbocycles. The number of furan rings is 1. The summed E-state index contributed by atoms with van der Waals surface area (Å²) in [5, 5.41) is 18.0. The first kappa shape index (κ1) is 21.1. The minimum atomic E-state index is -0.825. The van der Waals surface area contributed by atoms with Crippen LogP contribution in [-0.2, 0) is 4.79 Å². The number of anilines is 1. The van der Waals surface area contributed by atoms with Crippen LogP contribution in [0.2, 0.25) is 0 Å². The number of carbonyl (C=O) groups excluding carboxylic acids is 1. The van der Waals surface area contributed by atoms with Crippen molar-refractivity contribution < 1.29 is 23.4 Å². The monoisotopic (exact) mass is 462 g/mol. The van der Waals surface area contributed by atoms with Crippen molar-refractivity contribution >= 4 is 23.4 Å². The van der Waals surface area contributed by atoms with Gasteiger partial charge in [0, 0.05) is 17.6 Å². The van der Waals surface area contributed by atoms with Crippen molar-refractivity contribution in [3.63, 3.8) is 0 Å². The van der Waals surface area contributed by atoms with Gasteiger partial charge in [0.25, 0.3) is 10.9 Å². The summed E-state index contributed by atoms with van der Waals surface area (Å²) in [6.07, 6.45) is -0.825. The van der Waals surface area contributed by atoms with E-state index in [0.29, 0.717) is 39.2 Å². The normalized spacial score (nSPS) is 14.6. The smallest absolute Gasteiger partial charge is 0.325 e. The van der Waals surface area contributed by atoms with E-state index in [1.165, 1.54) is 35.5 Å². The Kier molecular flexibility index (Phi) is 5.33. The molecule has 2 aromatic heterocycles. The van der Waals surface area contributed by atoms with E-state index >= 15 is 0 Å². The zero-order valence-corrected chi connectivity index (χ0v) is 18.7. The maximum absolute atomic E-state index is 13.4. The van der Waals surface area contributed by atoms with Crippen LogP contribution in [0.1, 0.15) is 25.8 Å². The number of fused-ring (bicyclic) bond motifs is 3. The van der Waals surface area contributed by atoms with Crippen LogP contribution in [-0.4, -0.2) is 21.7 Å². The molecule has 0 saturated heterocycles. The van der Waals surface area contributed by atoms with Crippen LogP contribution in [0.4, 0.5) is 10.1 Å². The van der Waals surface area contributed by atoms with Crippen LogP contribution < -0.4 is 14.7 Å². The predicted molar refractivity (Wildman–Crippen MR) is 119 cm³/mol. The third kappa shape index (κ3) is 3.64. The molecule has 1 aliphatic heterocycles. The first-order valence-corrected chi connectivity index (χ1v) is 11.3. The fourth-order valence-electron chi connectivity index (χ4n) is 3.98. The summed E-state index contributed by atoms with van der Waals surface area (Å²) < 4.78 is 21.0. The molecule has 0 spiro atoms. The molecule has 9 heteroatoms. The number of nitrogens with zero attached hydrogens (tertiary/aromatic N) is 4. The second-order valence-electron chi connectivity index (χ2n) is 7.41. The quantitative estimate of drug-likeness (QED) is 0.337. The summed E-state index contributed by atoms with van der Waals surface area (Å²) in [5.41, 5.74) is 2.12. The number of aromatic nitrogens is 3. The zero-order chi connectivity index (χ0) is 23.1. The van der Waals surface area contributed by atoms with E-state index in [-0.39, 0.29) is 17.4 Å². The Morgan fingerprint density at radius 1 is 1.18 bits per heavy atom. The highest BCUT2D eigenvalue weighted by Gasteiger charge is 2.45. The molecule has 0 fully saturated rings. The predicted octanol–water partition coefficient (Wildman–Crippen LogP) is 3.93. The van der Waals surface area contributed by atoms with Crippen LogP contribution >= 0.6 is 11.8 Å². The molecule has 166 valence electrons. The van der Waals surface area contributed by atoms with Gasteiger partial charge in [0.2, 0.25) is 5.91 Å². The first-order valence-electron chi connectivity index (χ1n) is 10.4. The van der Waals surface area contributed by atoms with E-state index in [2.05, 4.69) is 10.1 Å². The Balaban J connectivity index is 1.73. The lowest BCUT2D eigenvalue weighted by atomic mass is 10.0. The molecule has 3 heterocycles. The molecule has 0 bridgehead atoms. The minimum absolute atomic E-state index is 0.235. The maximum atomic E-state index is 13.4. The molecule has 2 aromatic carbocycles. The zero-order valence-electron chi connectivity index (χ0n) is 17.9. The fraction of sp³-hybridized carbons (Fsp3) is 0.167. The number of hydrogen-bond donors (Lipinski definition) is 0. The van der Waals surface area contributed by atoms with Gasteiger partial charge in [0.15, 0.2) is 5.76 Å². The molecule has 33 heavy (non-hydrogen) atoms. The third-order valence-electron chi connectivity index (χ3n) is 5.34. The number of benzene rings is 2. The van der Waals surface area contributed by atoms with Crippen molar-refractivity contribution in [2.45, 2.75) is 25.2 Å². The van der Waals surface area contributed by atoms with Gasteiger partial charge >= 0.3 is 6.17 Å². The number of amides is 1. The molecule has 7 nitrogen and oxygen atoms in total. The minimum Gasteiger partial charge on any atom is -0.854 e. The topological polar surface area (TPSA) is 86.2 Å². The number of halogens is 1. The molecule has 1 amide bonds. The first-order chi connectivity index (χ1) is 16.0. The molecule has 1 atom stereocenters. The van der Waals surface area contributed by atoms with Crippen molar-refractivity contribution in [1.29, 1.82) is 0 Å². The number of thioether (sulfide) groups is 1. The largest absolute Gasteiger partial charge is 0.854 e. The molecular weight excluding hydrogens is 443 g/mol. The van der Waals surface area contributed by atoms with Gasteiger partial charge in [-0.1, -0.05) is 30.8 Å². The van der Waals surface area contributed by atoms with Crippen molar-refractivity contribution in [3.8, 4) is 28.5 Å². The van der Waals surface area contributed by atoms with Crippen molar-refractivity contribution in [2.24, 2.45) is 0 Å². The average Bonchev–Trinajstić information content (AvgIpc) is 3.28. The number of rotatable bonds is 4. The highest BCUT2D eigenvalue weighted by atomic mass is 32.2. The maximum Gasteiger partial charge on any atom is 0.325 e.